The normalized spacial score (nSPS) is 10.4. The summed E-state index contributed by atoms with van der Waals surface area (Å²) < 4.78 is 15.9. The van der Waals surface area contributed by atoms with Crippen LogP contribution in [0.1, 0.15) is 10.5 Å². The zero-order valence-corrected chi connectivity index (χ0v) is 16.2. The molecule has 9 nitrogen and oxygen atoms in total. The van der Waals surface area contributed by atoms with Gasteiger partial charge in [0, 0.05) is 37.0 Å². The van der Waals surface area contributed by atoms with Gasteiger partial charge in [0.15, 0.2) is 11.5 Å². The molecule has 1 heterocycles. The van der Waals surface area contributed by atoms with Crippen molar-refractivity contribution in [3.63, 3.8) is 0 Å². The highest BCUT2D eigenvalue weighted by atomic mass is 16.5. The van der Waals surface area contributed by atoms with Gasteiger partial charge < -0.3 is 29.7 Å². The molecule has 0 saturated carbocycles. The fourth-order valence-electron chi connectivity index (χ4n) is 2.33. The minimum Gasteiger partial charge on any atom is -0.493 e. The molecule has 1 aromatic carbocycles. The second-order valence-electron chi connectivity index (χ2n) is 5.89. The Morgan fingerprint density at radius 3 is 2.26 bits per heavy atom. The first-order chi connectivity index (χ1) is 13.0. The van der Waals surface area contributed by atoms with Crippen molar-refractivity contribution in [3.05, 3.63) is 30.2 Å². The second kappa shape index (κ2) is 9.58. The van der Waals surface area contributed by atoms with Crippen molar-refractivity contribution >= 4 is 17.4 Å². The van der Waals surface area contributed by atoms with Gasteiger partial charge in [0.05, 0.1) is 21.3 Å². The van der Waals surface area contributed by atoms with E-state index in [1.807, 2.05) is 19.0 Å². The highest BCUT2D eigenvalue weighted by Gasteiger charge is 2.16. The van der Waals surface area contributed by atoms with Crippen LogP contribution in [-0.2, 0) is 0 Å². The van der Waals surface area contributed by atoms with Gasteiger partial charge in [-0.25, -0.2) is 9.97 Å². The summed E-state index contributed by atoms with van der Waals surface area (Å²) in [6.07, 6.45) is 1.35. The molecule has 0 bridgehead atoms. The smallest absolute Gasteiger partial charge is 0.274 e. The second-order valence-corrected chi connectivity index (χ2v) is 5.89. The largest absolute Gasteiger partial charge is 0.493 e. The lowest BCUT2D eigenvalue weighted by molar-refractivity contribution is 0.102. The van der Waals surface area contributed by atoms with Crippen LogP contribution < -0.4 is 24.8 Å². The van der Waals surface area contributed by atoms with Gasteiger partial charge in [0.2, 0.25) is 5.75 Å². The molecule has 0 fully saturated rings. The fourth-order valence-corrected chi connectivity index (χ4v) is 2.33. The van der Waals surface area contributed by atoms with Crippen molar-refractivity contribution in [2.45, 2.75) is 0 Å². The summed E-state index contributed by atoms with van der Waals surface area (Å²) in [5.74, 6) is 1.55. The van der Waals surface area contributed by atoms with E-state index < -0.39 is 0 Å². The van der Waals surface area contributed by atoms with Crippen molar-refractivity contribution < 1.29 is 19.0 Å². The maximum atomic E-state index is 12.6. The number of ether oxygens (including phenoxy) is 3. The average molecular weight is 375 g/mol. The lowest BCUT2D eigenvalue weighted by atomic mass is 10.2. The third-order valence-corrected chi connectivity index (χ3v) is 3.69. The number of rotatable bonds is 9. The average Bonchev–Trinajstić information content (AvgIpc) is 2.67. The van der Waals surface area contributed by atoms with Crippen LogP contribution in [0.2, 0.25) is 0 Å². The molecule has 146 valence electrons. The molecule has 1 aromatic heterocycles. The molecule has 0 radical (unpaired) electrons. The predicted molar refractivity (Wildman–Crippen MR) is 103 cm³/mol. The highest BCUT2D eigenvalue weighted by Crippen LogP contribution is 2.39. The van der Waals surface area contributed by atoms with Gasteiger partial charge in [0.1, 0.15) is 17.8 Å². The summed E-state index contributed by atoms with van der Waals surface area (Å²) in [7, 11) is 8.51. The Labute approximate surface area is 158 Å². The van der Waals surface area contributed by atoms with Gasteiger partial charge in [-0.15, -0.1) is 0 Å². The molecule has 1 amide bonds. The number of carbonyl (C=O) groups excluding carboxylic acids is 1. The lowest BCUT2D eigenvalue weighted by Crippen LogP contribution is -2.21. The van der Waals surface area contributed by atoms with Crippen molar-refractivity contribution in [2.24, 2.45) is 0 Å². The van der Waals surface area contributed by atoms with E-state index in [4.69, 9.17) is 14.2 Å². The maximum absolute atomic E-state index is 12.6. The Morgan fingerprint density at radius 1 is 1.04 bits per heavy atom. The number of hydrogen-bond donors (Lipinski definition) is 2. The van der Waals surface area contributed by atoms with Crippen LogP contribution in [0.15, 0.2) is 24.5 Å². The number of benzene rings is 1. The van der Waals surface area contributed by atoms with Gasteiger partial charge in [-0.1, -0.05) is 0 Å². The molecule has 0 spiro atoms. The number of methoxy groups -OCH3 is 3. The summed E-state index contributed by atoms with van der Waals surface area (Å²) >= 11 is 0. The summed E-state index contributed by atoms with van der Waals surface area (Å²) in [5, 5.41) is 5.94. The monoisotopic (exact) mass is 375 g/mol. The first-order valence-electron chi connectivity index (χ1n) is 8.30. The molecule has 0 aliphatic carbocycles. The Balaban J connectivity index is 2.15. The van der Waals surface area contributed by atoms with Crippen LogP contribution in [0.5, 0.6) is 17.2 Å². The molecule has 0 unspecified atom stereocenters. The van der Waals surface area contributed by atoms with E-state index in [-0.39, 0.29) is 11.6 Å². The molecular formula is C18H25N5O4. The van der Waals surface area contributed by atoms with Gasteiger partial charge in [-0.2, -0.15) is 0 Å². The molecule has 0 atom stereocenters. The predicted octanol–water partition coefficient (Wildman–Crippen LogP) is 1.73. The van der Waals surface area contributed by atoms with Crippen molar-refractivity contribution in [2.75, 3.05) is 59.1 Å². The van der Waals surface area contributed by atoms with Crippen LogP contribution in [0, 0.1) is 0 Å². The Morgan fingerprint density at radius 2 is 1.70 bits per heavy atom. The van der Waals surface area contributed by atoms with Gasteiger partial charge in [-0.3, -0.25) is 4.79 Å². The Hall–Kier alpha value is -3.07. The number of nitrogens with one attached hydrogen (secondary N) is 2. The molecule has 27 heavy (non-hydrogen) atoms. The van der Waals surface area contributed by atoms with Crippen molar-refractivity contribution in [1.29, 1.82) is 0 Å². The van der Waals surface area contributed by atoms with E-state index in [1.54, 1.807) is 18.2 Å². The first-order valence-corrected chi connectivity index (χ1v) is 8.30. The van der Waals surface area contributed by atoms with E-state index in [1.165, 1.54) is 27.7 Å². The molecule has 0 aliphatic rings. The number of hydrogen-bond acceptors (Lipinski definition) is 8. The maximum Gasteiger partial charge on any atom is 0.274 e. The van der Waals surface area contributed by atoms with Crippen LogP contribution >= 0.6 is 0 Å². The SMILES string of the molecule is COc1cc(NC(=O)c2cc(NCCN(C)C)ncn2)cc(OC)c1OC. The van der Waals surface area contributed by atoms with Gasteiger partial charge in [0.25, 0.3) is 5.91 Å². The number of anilines is 2. The van der Waals surface area contributed by atoms with Gasteiger partial charge >= 0.3 is 0 Å². The van der Waals surface area contributed by atoms with Crippen LogP contribution in [0.3, 0.4) is 0 Å². The molecular weight excluding hydrogens is 350 g/mol. The van der Waals surface area contributed by atoms with Crippen molar-refractivity contribution in [3.8, 4) is 17.2 Å². The van der Waals surface area contributed by atoms with Crippen LogP contribution in [0.25, 0.3) is 0 Å². The summed E-state index contributed by atoms with van der Waals surface area (Å²) in [4.78, 5) is 22.8. The first kappa shape index (κ1) is 20.2. The quantitative estimate of drug-likeness (QED) is 0.684. The molecule has 0 aliphatic heterocycles. The number of likely N-dealkylation sites (N-methyl/N-ethyl adjacent to an activating group) is 1. The highest BCUT2D eigenvalue weighted by molar-refractivity contribution is 6.03. The number of carbonyl (C=O) groups is 1. The Bertz CT molecular complexity index is 757. The number of nitrogens with zero attached hydrogens (tertiary/aromatic N) is 3. The molecule has 2 aromatic rings. The standard InChI is InChI=1S/C18H25N5O4/c1-23(2)7-6-19-16-10-13(20-11-21-16)18(24)22-12-8-14(25-3)17(27-5)15(9-12)26-4/h8-11H,6-7H2,1-5H3,(H,22,24)(H,19,20,21). The van der Waals surface area contributed by atoms with E-state index in [9.17, 15) is 4.79 Å². The third kappa shape index (κ3) is 5.45. The topological polar surface area (TPSA) is 97.8 Å². The minimum absolute atomic E-state index is 0.242. The fraction of sp³-hybridized carbons (Fsp3) is 0.389. The minimum atomic E-state index is -0.373. The van der Waals surface area contributed by atoms with E-state index in [0.717, 1.165) is 6.54 Å². The summed E-state index contributed by atoms with van der Waals surface area (Å²) in [6, 6.07) is 4.90. The van der Waals surface area contributed by atoms with Gasteiger partial charge in [-0.05, 0) is 14.1 Å². The molecule has 0 saturated heterocycles. The molecule has 9 heteroatoms. The zero-order chi connectivity index (χ0) is 19.8. The van der Waals surface area contributed by atoms with Crippen molar-refractivity contribution in [1.82, 2.24) is 14.9 Å². The summed E-state index contributed by atoms with van der Waals surface area (Å²) in [5.41, 5.74) is 0.737. The molecule has 2 N–H and O–H groups in total. The zero-order valence-electron chi connectivity index (χ0n) is 16.2. The van der Waals surface area contributed by atoms with Crippen LogP contribution in [0.4, 0.5) is 11.5 Å². The van der Waals surface area contributed by atoms with E-state index in [2.05, 4.69) is 20.6 Å². The van der Waals surface area contributed by atoms with E-state index in [0.29, 0.717) is 35.3 Å². The Kier molecular flexibility index (Phi) is 7.18. The molecule has 2 rings (SSSR count). The van der Waals surface area contributed by atoms with E-state index >= 15 is 0 Å². The third-order valence-electron chi connectivity index (χ3n) is 3.69. The lowest BCUT2D eigenvalue weighted by Gasteiger charge is -2.14. The summed E-state index contributed by atoms with van der Waals surface area (Å²) in [6.45, 7) is 1.55. The number of aromatic nitrogens is 2. The number of amides is 1. The van der Waals surface area contributed by atoms with Crippen LogP contribution in [-0.4, -0.2) is 69.3 Å².